The van der Waals surface area contributed by atoms with Crippen LogP contribution in [0.2, 0.25) is 0 Å². The van der Waals surface area contributed by atoms with Gasteiger partial charge in [-0.1, -0.05) is 55.5 Å². The molecule has 2 aromatic rings. The lowest BCUT2D eigenvalue weighted by Crippen LogP contribution is -2.34. The van der Waals surface area contributed by atoms with E-state index in [0.717, 1.165) is 17.5 Å². The molecule has 0 fully saturated rings. The van der Waals surface area contributed by atoms with Crippen molar-refractivity contribution in [1.82, 2.24) is 10.6 Å². The largest absolute Gasteiger partial charge is 0.377 e. The average molecular weight is 354 g/mol. The Morgan fingerprint density at radius 1 is 0.962 bits per heavy atom. The zero-order chi connectivity index (χ0) is 18.8. The minimum absolute atomic E-state index is 0.000390. The number of hydrogen-bond donors (Lipinski definition) is 2. The summed E-state index contributed by atoms with van der Waals surface area (Å²) in [4.78, 5) is 12.1. The minimum atomic E-state index is 0.000390. The Morgan fingerprint density at radius 3 is 2.19 bits per heavy atom. The normalized spacial score (nSPS) is 12.0. The molecule has 0 aliphatic carbocycles. The van der Waals surface area contributed by atoms with Gasteiger partial charge in [0.2, 0.25) is 5.91 Å². The number of aryl methyl sites for hydroxylation is 1. The van der Waals surface area contributed by atoms with Crippen molar-refractivity contribution in [3.8, 4) is 0 Å². The van der Waals surface area contributed by atoms with E-state index < -0.39 is 0 Å². The first kappa shape index (κ1) is 20.1. The van der Waals surface area contributed by atoms with E-state index in [0.29, 0.717) is 26.3 Å². The molecule has 26 heavy (non-hydrogen) atoms. The van der Waals surface area contributed by atoms with E-state index in [1.54, 1.807) is 0 Å². The molecule has 0 spiro atoms. The molecular formula is C22H30N2O2. The number of rotatable bonds is 10. The van der Waals surface area contributed by atoms with Crippen molar-refractivity contribution in [1.29, 1.82) is 0 Å². The van der Waals surface area contributed by atoms with Gasteiger partial charge in [0.1, 0.15) is 0 Å². The maximum atomic E-state index is 12.1. The summed E-state index contributed by atoms with van der Waals surface area (Å²) < 4.78 is 5.38. The van der Waals surface area contributed by atoms with Crippen LogP contribution in [0.15, 0.2) is 48.5 Å². The summed E-state index contributed by atoms with van der Waals surface area (Å²) in [5, 5.41) is 6.23. The summed E-state index contributed by atoms with van der Waals surface area (Å²) >= 11 is 0. The number of benzene rings is 2. The van der Waals surface area contributed by atoms with Gasteiger partial charge in [0.05, 0.1) is 13.2 Å². The van der Waals surface area contributed by atoms with Crippen LogP contribution >= 0.6 is 0 Å². The van der Waals surface area contributed by atoms with Crippen molar-refractivity contribution < 1.29 is 9.53 Å². The molecule has 2 rings (SSSR count). The lowest BCUT2D eigenvalue weighted by molar-refractivity contribution is -0.120. The Hall–Kier alpha value is -2.17. The average Bonchev–Trinajstić information content (AvgIpc) is 2.69. The van der Waals surface area contributed by atoms with Gasteiger partial charge in [-0.25, -0.2) is 0 Å². The first-order valence-corrected chi connectivity index (χ1v) is 9.36. The molecule has 1 atom stereocenters. The summed E-state index contributed by atoms with van der Waals surface area (Å²) in [6.45, 7) is 8.39. The molecule has 4 nitrogen and oxygen atoms in total. The van der Waals surface area contributed by atoms with Crippen LogP contribution in [0.5, 0.6) is 0 Å². The van der Waals surface area contributed by atoms with E-state index in [4.69, 9.17) is 4.74 Å². The van der Waals surface area contributed by atoms with Gasteiger partial charge in [-0.05, 0) is 42.5 Å². The van der Waals surface area contributed by atoms with Crippen LogP contribution in [-0.2, 0) is 29.1 Å². The zero-order valence-corrected chi connectivity index (χ0v) is 16.0. The summed E-state index contributed by atoms with van der Waals surface area (Å²) in [6.07, 6.45) is 1.04. The highest BCUT2D eigenvalue weighted by atomic mass is 16.5. The molecule has 4 heteroatoms. The molecule has 0 bridgehead atoms. The van der Waals surface area contributed by atoms with Gasteiger partial charge in [0.15, 0.2) is 0 Å². The topological polar surface area (TPSA) is 50.4 Å². The lowest BCUT2D eigenvalue weighted by atomic mass is 10.1. The van der Waals surface area contributed by atoms with Crippen molar-refractivity contribution >= 4 is 5.91 Å². The maximum absolute atomic E-state index is 12.1. The molecule has 0 aromatic heterocycles. The van der Waals surface area contributed by atoms with Gasteiger partial charge < -0.3 is 15.4 Å². The van der Waals surface area contributed by atoms with Gasteiger partial charge in [0, 0.05) is 19.2 Å². The molecule has 1 amide bonds. The van der Waals surface area contributed by atoms with Gasteiger partial charge in [-0.3, -0.25) is 4.79 Å². The van der Waals surface area contributed by atoms with Gasteiger partial charge in [-0.15, -0.1) is 0 Å². The van der Waals surface area contributed by atoms with Crippen LogP contribution < -0.4 is 10.6 Å². The van der Waals surface area contributed by atoms with E-state index in [9.17, 15) is 4.79 Å². The third-order valence-electron chi connectivity index (χ3n) is 4.44. The second-order valence-electron chi connectivity index (χ2n) is 6.43. The fraction of sp³-hybridized carbons (Fsp3) is 0.409. The highest BCUT2D eigenvalue weighted by molar-refractivity contribution is 5.78. The van der Waals surface area contributed by atoms with Gasteiger partial charge >= 0.3 is 0 Å². The van der Waals surface area contributed by atoms with E-state index in [-0.39, 0.29) is 11.9 Å². The molecular weight excluding hydrogens is 324 g/mol. The first-order valence-electron chi connectivity index (χ1n) is 9.36. The van der Waals surface area contributed by atoms with E-state index >= 15 is 0 Å². The Bertz CT molecular complexity index is 666. The predicted octanol–water partition coefficient (Wildman–Crippen LogP) is 3.75. The Kier molecular flexibility index (Phi) is 8.32. The Morgan fingerprint density at radius 2 is 1.58 bits per heavy atom. The van der Waals surface area contributed by atoms with E-state index in [1.165, 1.54) is 11.1 Å². The molecule has 140 valence electrons. The zero-order valence-electron chi connectivity index (χ0n) is 16.0. The molecule has 2 aromatic carbocycles. The molecule has 0 saturated carbocycles. The highest BCUT2D eigenvalue weighted by Crippen LogP contribution is 2.13. The first-order chi connectivity index (χ1) is 12.6. The third kappa shape index (κ3) is 6.62. The van der Waals surface area contributed by atoms with Gasteiger partial charge in [-0.2, -0.15) is 0 Å². The van der Waals surface area contributed by atoms with Crippen LogP contribution in [0.3, 0.4) is 0 Å². The smallest absolute Gasteiger partial charge is 0.234 e. The number of nitrogens with one attached hydrogen (secondary N) is 2. The maximum Gasteiger partial charge on any atom is 0.234 e. The van der Waals surface area contributed by atoms with Crippen molar-refractivity contribution in [3.05, 3.63) is 70.8 Å². The lowest BCUT2D eigenvalue weighted by Gasteiger charge is -2.15. The van der Waals surface area contributed by atoms with Gasteiger partial charge in [0.25, 0.3) is 0 Å². The number of hydrogen-bond acceptors (Lipinski definition) is 3. The van der Waals surface area contributed by atoms with Crippen molar-refractivity contribution in [2.45, 2.75) is 46.4 Å². The van der Waals surface area contributed by atoms with Crippen molar-refractivity contribution in [2.24, 2.45) is 0 Å². The molecule has 1 unspecified atom stereocenters. The molecule has 0 saturated heterocycles. The number of carbonyl (C=O) groups is 1. The third-order valence-corrected chi connectivity index (χ3v) is 4.44. The summed E-state index contributed by atoms with van der Waals surface area (Å²) in [5.41, 5.74) is 4.75. The quantitative estimate of drug-likeness (QED) is 0.683. The molecule has 0 heterocycles. The molecule has 0 aliphatic rings. The van der Waals surface area contributed by atoms with Crippen molar-refractivity contribution in [2.75, 3.05) is 13.2 Å². The SMILES string of the molecule is CCOCc1ccc(CNC(=O)CNC(C)c2ccc(CC)cc2)cc1. The fourth-order valence-corrected chi connectivity index (χ4v) is 2.64. The molecule has 2 N–H and O–H groups in total. The van der Waals surface area contributed by atoms with Crippen LogP contribution in [0.25, 0.3) is 0 Å². The highest BCUT2D eigenvalue weighted by Gasteiger charge is 2.07. The summed E-state index contributed by atoms with van der Waals surface area (Å²) in [5.74, 6) is 0.000390. The Balaban J connectivity index is 1.72. The molecule has 0 aliphatic heterocycles. The molecule has 0 radical (unpaired) electrons. The summed E-state index contributed by atoms with van der Waals surface area (Å²) in [7, 11) is 0. The monoisotopic (exact) mass is 354 g/mol. The number of ether oxygens (including phenoxy) is 1. The van der Waals surface area contributed by atoms with Crippen molar-refractivity contribution in [3.63, 3.8) is 0 Å². The fourth-order valence-electron chi connectivity index (χ4n) is 2.64. The summed E-state index contributed by atoms with van der Waals surface area (Å²) in [6, 6.07) is 16.8. The minimum Gasteiger partial charge on any atom is -0.377 e. The predicted molar refractivity (Wildman–Crippen MR) is 106 cm³/mol. The van der Waals surface area contributed by atoms with Crippen LogP contribution in [-0.4, -0.2) is 19.1 Å². The van der Waals surface area contributed by atoms with E-state index in [1.807, 2.05) is 31.2 Å². The van der Waals surface area contributed by atoms with Crippen LogP contribution in [0, 0.1) is 0 Å². The van der Waals surface area contributed by atoms with Crippen LogP contribution in [0.1, 0.15) is 49.1 Å². The second-order valence-corrected chi connectivity index (χ2v) is 6.43. The second kappa shape index (κ2) is 10.7. The van der Waals surface area contributed by atoms with E-state index in [2.05, 4.69) is 48.7 Å². The number of amides is 1. The Labute approximate surface area is 157 Å². The number of carbonyl (C=O) groups excluding carboxylic acids is 1. The standard InChI is InChI=1S/C22H30N2O2/c1-4-18-10-12-21(13-11-18)17(3)23-15-22(25)24-14-19-6-8-20(9-7-19)16-26-5-2/h6-13,17,23H,4-5,14-16H2,1-3H3,(H,24,25). The van der Waals surface area contributed by atoms with Crippen LogP contribution in [0.4, 0.5) is 0 Å².